The highest BCUT2D eigenvalue weighted by Gasteiger charge is 2.17. The minimum absolute atomic E-state index is 0.0311. The van der Waals surface area contributed by atoms with Crippen molar-refractivity contribution in [3.8, 4) is 0 Å². The van der Waals surface area contributed by atoms with Gasteiger partial charge in [-0.1, -0.05) is 18.2 Å². The van der Waals surface area contributed by atoms with E-state index < -0.39 is 20.8 Å². The van der Waals surface area contributed by atoms with Gasteiger partial charge in [-0.25, -0.2) is 8.42 Å². The standard InChI is InChI=1S/C10H14N2O4S/c1-17(15,16)7-9(11)6-8-4-2-3-5-10(8)12(13)14/h2-5,9H,6-7,11H2,1H3. The fraction of sp³-hybridized carbons (Fsp3) is 0.400. The number of hydrogen-bond acceptors (Lipinski definition) is 5. The van der Waals surface area contributed by atoms with Crippen LogP contribution in [0.4, 0.5) is 5.69 Å². The highest BCUT2D eigenvalue weighted by molar-refractivity contribution is 7.90. The number of nitrogens with zero attached hydrogens (tertiary/aromatic N) is 1. The molecule has 0 fully saturated rings. The van der Waals surface area contributed by atoms with Crippen LogP contribution in [0.5, 0.6) is 0 Å². The molecular weight excluding hydrogens is 244 g/mol. The number of nitrogens with two attached hydrogens (primary N) is 1. The van der Waals surface area contributed by atoms with Crippen LogP contribution in [0, 0.1) is 10.1 Å². The van der Waals surface area contributed by atoms with Crippen molar-refractivity contribution in [2.24, 2.45) is 5.73 Å². The molecule has 0 saturated heterocycles. The summed E-state index contributed by atoms with van der Waals surface area (Å²) in [5, 5.41) is 10.7. The van der Waals surface area contributed by atoms with Crippen molar-refractivity contribution in [3.05, 3.63) is 39.9 Å². The lowest BCUT2D eigenvalue weighted by Gasteiger charge is -2.10. The van der Waals surface area contributed by atoms with Crippen LogP contribution in [-0.4, -0.2) is 31.4 Å². The zero-order chi connectivity index (χ0) is 13.1. The van der Waals surface area contributed by atoms with Gasteiger partial charge in [0.05, 0.1) is 10.7 Å². The maximum absolute atomic E-state index is 11.0. The zero-order valence-corrected chi connectivity index (χ0v) is 10.2. The Bertz CT molecular complexity index is 513. The quantitative estimate of drug-likeness (QED) is 0.612. The molecule has 0 aromatic heterocycles. The van der Waals surface area contributed by atoms with Crippen molar-refractivity contribution in [3.63, 3.8) is 0 Å². The van der Waals surface area contributed by atoms with Gasteiger partial charge < -0.3 is 5.73 Å². The molecule has 2 N–H and O–H groups in total. The molecule has 0 spiro atoms. The Morgan fingerprint density at radius 3 is 2.53 bits per heavy atom. The average Bonchev–Trinajstić information content (AvgIpc) is 2.14. The summed E-state index contributed by atoms with van der Waals surface area (Å²) >= 11 is 0. The predicted molar refractivity (Wildman–Crippen MR) is 64.5 cm³/mol. The van der Waals surface area contributed by atoms with Crippen LogP contribution in [0.15, 0.2) is 24.3 Å². The number of rotatable bonds is 5. The molecule has 1 aromatic carbocycles. The summed E-state index contributed by atoms with van der Waals surface area (Å²) in [5.74, 6) is -0.181. The van der Waals surface area contributed by atoms with E-state index in [2.05, 4.69) is 0 Å². The van der Waals surface area contributed by atoms with E-state index in [-0.39, 0.29) is 17.9 Å². The molecule has 0 saturated carbocycles. The number of nitro groups is 1. The zero-order valence-electron chi connectivity index (χ0n) is 9.37. The molecule has 0 bridgehead atoms. The van der Waals surface area contributed by atoms with Gasteiger partial charge in [0.25, 0.3) is 5.69 Å². The molecule has 0 heterocycles. The number of sulfone groups is 1. The summed E-state index contributed by atoms with van der Waals surface area (Å²) in [6.07, 6.45) is 1.26. The Hall–Kier alpha value is -1.47. The van der Waals surface area contributed by atoms with Crippen molar-refractivity contribution >= 4 is 15.5 Å². The van der Waals surface area contributed by atoms with E-state index in [1.54, 1.807) is 18.2 Å². The molecule has 0 aliphatic rings. The van der Waals surface area contributed by atoms with Crippen LogP contribution >= 0.6 is 0 Å². The molecule has 17 heavy (non-hydrogen) atoms. The maximum Gasteiger partial charge on any atom is 0.272 e. The fourth-order valence-corrected chi connectivity index (χ4v) is 2.49. The lowest BCUT2D eigenvalue weighted by atomic mass is 10.1. The topological polar surface area (TPSA) is 103 Å². The van der Waals surface area contributed by atoms with Gasteiger partial charge in [0.2, 0.25) is 0 Å². The number of hydrogen-bond donors (Lipinski definition) is 1. The summed E-state index contributed by atoms with van der Waals surface area (Å²) in [6, 6.07) is 5.55. The van der Waals surface area contributed by atoms with E-state index in [1.165, 1.54) is 6.07 Å². The van der Waals surface area contributed by atoms with Gasteiger partial charge in [-0.15, -0.1) is 0 Å². The lowest BCUT2D eigenvalue weighted by Crippen LogP contribution is -2.31. The van der Waals surface area contributed by atoms with Gasteiger partial charge >= 0.3 is 0 Å². The summed E-state index contributed by atoms with van der Waals surface area (Å²) in [6.45, 7) is 0. The molecule has 94 valence electrons. The summed E-state index contributed by atoms with van der Waals surface area (Å²) in [5.41, 5.74) is 6.08. The molecule has 1 atom stereocenters. The Labute approximate surface area is 99.5 Å². The Balaban J connectivity index is 2.85. The first-order chi connectivity index (χ1) is 7.79. The van der Waals surface area contributed by atoms with Gasteiger partial charge in [0, 0.05) is 23.9 Å². The smallest absolute Gasteiger partial charge is 0.272 e. The molecule has 7 heteroatoms. The Kier molecular flexibility index (Phi) is 4.19. The largest absolute Gasteiger partial charge is 0.326 e. The van der Waals surface area contributed by atoms with E-state index in [9.17, 15) is 18.5 Å². The first kappa shape index (κ1) is 13.6. The van der Waals surface area contributed by atoms with E-state index in [0.29, 0.717) is 5.56 Å². The third-order valence-electron chi connectivity index (χ3n) is 2.19. The second-order valence-electron chi connectivity index (χ2n) is 3.94. The normalized spacial score (nSPS) is 13.3. The van der Waals surface area contributed by atoms with Crippen molar-refractivity contribution in [2.45, 2.75) is 12.5 Å². The minimum Gasteiger partial charge on any atom is -0.326 e. The van der Waals surface area contributed by atoms with Gasteiger partial charge in [0.1, 0.15) is 9.84 Å². The van der Waals surface area contributed by atoms with Gasteiger partial charge in [0.15, 0.2) is 0 Å². The van der Waals surface area contributed by atoms with Crippen LogP contribution < -0.4 is 5.73 Å². The maximum atomic E-state index is 11.0. The number of benzene rings is 1. The molecule has 1 unspecified atom stereocenters. The van der Waals surface area contributed by atoms with E-state index in [0.717, 1.165) is 6.26 Å². The second kappa shape index (κ2) is 5.24. The van der Waals surface area contributed by atoms with Crippen molar-refractivity contribution in [1.82, 2.24) is 0 Å². The highest BCUT2D eigenvalue weighted by Crippen LogP contribution is 2.19. The van der Waals surface area contributed by atoms with Gasteiger partial charge in [-0.3, -0.25) is 10.1 Å². The number of nitro benzene ring substituents is 1. The Morgan fingerprint density at radius 1 is 1.41 bits per heavy atom. The summed E-state index contributed by atoms with van der Waals surface area (Å²) in [7, 11) is -3.17. The first-order valence-electron chi connectivity index (χ1n) is 4.95. The van der Waals surface area contributed by atoms with Crippen LogP contribution in [0.1, 0.15) is 5.56 Å². The lowest BCUT2D eigenvalue weighted by molar-refractivity contribution is -0.385. The molecule has 0 radical (unpaired) electrons. The third kappa shape index (κ3) is 4.49. The van der Waals surface area contributed by atoms with E-state index in [4.69, 9.17) is 5.73 Å². The molecule has 6 nitrogen and oxygen atoms in total. The monoisotopic (exact) mass is 258 g/mol. The predicted octanol–water partition coefficient (Wildman–Crippen LogP) is 0.509. The SMILES string of the molecule is CS(=O)(=O)CC(N)Cc1ccccc1[N+](=O)[O-]. The van der Waals surface area contributed by atoms with Crippen LogP contribution in [0.2, 0.25) is 0 Å². The highest BCUT2D eigenvalue weighted by atomic mass is 32.2. The molecule has 0 aliphatic heterocycles. The fourth-order valence-electron chi connectivity index (χ4n) is 1.59. The van der Waals surface area contributed by atoms with E-state index >= 15 is 0 Å². The van der Waals surface area contributed by atoms with Gasteiger partial charge in [-0.2, -0.15) is 0 Å². The summed E-state index contributed by atoms with van der Waals surface area (Å²) in [4.78, 5) is 10.2. The Morgan fingerprint density at radius 2 is 2.00 bits per heavy atom. The minimum atomic E-state index is -3.17. The van der Waals surface area contributed by atoms with E-state index in [1.807, 2.05) is 0 Å². The second-order valence-corrected chi connectivity index (χ2v) is 6.13. The van der Waals surface area contributed by atoms with Crippen molar-refractivity contribution < 1.29 is 13.3 Å². The first-order valence-corrected chi connectivity index (χ1v) is 7.01. The average molecular weight is 258 g/mol. The van der Waals surface area contributed by atoms with Gasteiger partial charge in [-0.05, 0) is 6.42 Å². The molecule has 1 aromatic rings. The molecular formula is C10H14N2O4S. The third-order valence-corrected chi connectivity index (χ3v) is 3.22. The molecule has 0 aliphatic carbocycles. The summed E-state index contributed by atoms with van der Waals surface area (Å²) < 4.78 is 22.1. The molecule has 1 rings (SSSR count). The van der Waals surface area contributed by atoms with Crippen LogP contribution in [-0.2, 0) is 16.3 Å². The van der Waals surface area contributed by atoms with Crippen molar-refractivity contribution in [1.29, 1.82) is 0 Å². The van der Waals surface area contributed by atoms with Crippen LogP contribution in [0.3, 0.4) is 0 Å². The molecule has 0 amide bonds. The van der Waals surface area contributed by atoms with Crippen molar-refractivity contribution in [2.75, 3.05) is 12.0 Å². The number of para-hydroxylation sites is 1. The van der Waals surface area contributed by atoms with Crippen LogP contribution in [0.25, 0.3) is 0 Å².